The van der Waals surface area contributed by atoms with Gasteiger partial charge in [-0.1, -0.05) is 36.4 Å². The first-order chi connectivity index (χ1) is 24.0. The molecule has 3 aliphatic rings. The van der Waals surface area contributed by atoms with E-state index in [1.807, 2.05) is 30.3 Å². The van der Waals surface area contributed by atoms with E-state index in [9.17, 15) is 41.3 Å². The van der Waals surface area contributed by atoms with Crippen LogP contribution >= 0.6 is 18.9 Å². The molecular weight excluding hydrogens is 717 g/mol. The largest absolute Gasteiger partial charge is 0.399 e. The van der Waals surface area contributed by atoms with Gasteiger partial charge in [0.2, 0.25) is 17.7 Å². The van der Waals surface area contributed by atoms with E-state index < -0.39 is 73.6 Å². The number of nitrogens with two attached hydrogens (primary N) is 1. The van der Waals surface area contributed by atoms with Gasteiger partial charge in [-0.2, -0.15) is 8.78 Å². The summed E-state index contributed by atoms with van der Waals surface area (Å²) in [5, 5.41) is 2.71. The average molecular weight is 754 g/mol. The number of carbonyl (C=O) groups excluding carboxylic acids is 4. The van der Waals surface area contributed by atoms with E-state index in [4.69, 9.17) is 15.5 Å². The van der Waals surface area contributed by atoms with Crippen molar-refractivity contribution in [3.8, 4) is 0 Å². The van der Waals surface area contributed by atoms with Crippen LogP contribution in [-0.2, 0) is 24.6 Å². The van der Waals surface area contributed by atoms with Crippen molar-refractivity contribution in [3.63, 3.8) is 0 Å². The van der Waals surface area contributed by atoms with Gasteiger partial charge in [0.25, 0.3) is 12.3 Å². The summed E-state index contributed by atoms with van der Waals surface area (Å²) in [6.07, 6.45) is -1.70. The van der Waals surface area contributed by atoms with Gasteiger partial charge in [0.15, 0.2) is 0 Å². The smallest absolute Gasteiger partial charge is 0.369 e. The van der Waals surface area contributed by atoms with E-state index in [0.717, 1.165) is 29.0 Å². The van der Waals surface area contributed by atoms with Crippen LogP contribution in [0.1, 0.15) is 46.0 Å². The topological polar surface area (TPSA) is 174 Å². The number of nitrogens with zero attached hydrogens (tertiary/aromatic N) is 3. The highest BCUT2D eigenvalue weighted by molar-refractivity contribution is 7.52. The Kier molecular flexibility index (Phi) is 10.3. The number of alkyl halides is 4. The summed E-state index contributed by atoms with van der Waals surface area (Å²) in [4.78, 5) is 76.9. The van der Waals surface area contributed by atoms with Gasteiger partial charge in [0, 0.05) is 48.4 Å². The van der Waals surface area contributed by atoms with E-state index in [1.165, 1.54) is 26.8 Å². The fourth-order valence-electron chi connectivity index (χ4n) is 7.41. The molecule has 5 N–H and O–H groups in total. The van der Waals surface area contributed by atoms with E-state index in [2.05, 4.69) is 5.32 Å². The number of thiophene rings is 1. The van der Waals surface area contributed by atoms with Crippen molar-refractivity contribution in [1.82, 2.24) is 20.0 Å². The van der Waals surface area contributed by atoms with Crippen LogP contribution in [0.15, 0.2) is 54.6 Å². The van der Waals surface area contributed by atoms with Gasteiger partial charge in [-0.25, -0.2) is 8.78 Å². The van der Waals surface area contributed by atoms with Crippen LogP contribution in [0.25, 0.3) is 10.1 Å². The Morgan fingerprint density at radius 1 is 1.02 bits per heavy atom. The molecule has 18 heteroatoms. The van der Waals surface area contributed by atoms with Crippen LogP contribution < -0.4 is 11.1 Å². The van der Waals surface area contributed by atoms with Crippen LogP contribution in [0.3, 0.4) is 0 Å². The summed E-state index contributed by atoms with van der Waals surface area (Å²) in [5.74, 6) is -3.37. The number of hydrogen-bond donors (Lipinski definition) is 4. The number of amides is 4. The van der Waals surface area contributed by atoms with Crippen molar-refractivity contribution in [1.29, 1.82) is 0 Å². The Balaban J connectivity index is 1.25. The van der Waals surface area contributed by atoms with Gasteiger partial charge < -0.3 is 30.6 Å². The molecule has 3 saturated heterocycles. The van der Waals surface area contributed by atoms with E-state index >= 15 is 0 Å². The lowest BCUT2D eigenvalue weighted by Gasteiger charge is -2.39. The highest BCUT2D eigenvalue weighted by Crippen LogP contribution is 2.59. The minimum atomic E-state index is -5.85. The molecule has 0 radical (unpaired) electrons. The maximum Gasteiger partial charge on any atom is 0.399 e. The average Bonchev–Trinajstić information content (AvgIpc) is 3.82. The molecule has 6 rings (SSSR count). The van der Waals surface area contributed by atoms with Crippen LogP contribution in [0.4, 0.5) is 17.6 Å². The third kappa shape index (κ3) is 7.40. The van der Waals surface area contributed by atoms with Crippen molar-refractivity contribution in [3.05, 3.63) is 70.6 Å². The molecule has 274 valence electrons. The molecule has 12 nitrogen and oxygen atoms in total. The maximum absolute atomic E-state index is 14.4. The van der Waals surface area contributed by atoms with Crippen molar-refractivity contribution in [2.75, 3.05) is 32.7 Å². The summed E-state index contributed by atoms with van der Waals surface area (Å²) in [7, 11) is -5.85. The zero-order valence-electron chi connectivity index (χ0n) is 27.0. The normalized spacial score (nSPS) is 24.8. The first-order valence-corrected chi connectivity index (χ1v) is 18.7. The zero-order chi connectivity index (χ0) is 36.8. The second kappa shape index (κ2) is 14.3. The molecule has 0 unspecified atom stereocenters. The number of carbonyl (C=O) groups is 4. The fraction of sp³-hybridized carbons (Fsp3) is 0.455. The lowest BCUT2D eigenvalue weighted by molar-refractivity contribution is -0.147. The second-order valence-corrected chi connectivity index (χ2v) is 15.9. The predicted molar refractivity (Wildman–Crippen MR) is 178 cm³/mol. The lowest BCUT2D eigenvalue weighted by atomic mass is 9.89. The standard InChI is InChI=1S/C33H36F4N5O7PS/c34-28(35)17-40-11-10-21-7-8-25(32(46)41-14-22(23(15-41)29(38)43)18-4-2-1-3-5-18)42(21)31(45)24(16-40)39-30(44)27-13-19-12-20(6-9-26(19)51-27)33(36,37)50(47,48)49/h1-6,9,12-13,21-25,28H,7-8,10-11,14-17H2,(H2,38,43)(H,39,44)(H2,47,48,49)/t21-,22-,23+,24+,25+/m1/s1. The highest BCUT2D eigenvalue weighted by atomic mass is 32.1. The Morgan fingerprint density at radius 3 is 2.41 bits per heavy atom. The first kappa shape index (κ1) is 36.9. The minimum absolute atomic E-state index is 0.0240. The molecule has 3 aromatic rings. The predicted octanol–water partition coefficient (Wildman–Crippen LogP) is 3.28. The molecule has 0 spiro atoms. The molecule has 4 heterocycles. The SMILES string of the molecule is NC(=O)[C@H]1CN(C(=O)[C@@H]2CC[C@@H]3CCN(CC(F)F)C[C@H](NC(=O)c4cc5cc(C(F)(F)P(=O)(O)O)ccc5s4)C(=O)N32)C[C@@H]1c1ccccc1. The molecular formula is C33H36F4N5O7PS. The molecule has 51 heavy (non-hydrogen) atoms. The Morgan fingerprint density at radius 2 is 1.75 bits per heavy atom. The Hall–Kier alpha value is -3.89. The quantitative estimate of drug-likeness (QED) is 0.190. The first-order valence-electron chi connectivity index (χ1n) is 16.3. The van der Waals surface area contributed by atoms with Gasteiger partial charge in [-0.05, 0) is 48.4 Å². The number of fused-ring (bicyclic) bond motifs is 2. The van der Waals surface area contributed by atoms with Crippen molar-refractivity contribution in [2.45, 2.75) is 55.4 Å². The summed E-state index contributed by atoms with van der Waals surface area (Å²) in [5.41, 5.74) is 1.16. The molecule has 0 bridgehead atoms. The summed E-state index contributed by atoms with van der Waals surface area (Å²) in [6.45, 7) is -0.513. The third-order valence-corrected chi connectivity index (χ3v) is 12.0. The maximum atomic E-state index is 14.4. The molecule has 0 aliphatic carbocycles. The molecule has 4 amide bonds. The third-order valence-electron chi connectivity index (χ3n) is 9.94. The molecule has 3 aliphatic heterocycles. The van der Waals surface area contributed by atoms with E-state index in [1.54, 1.807) is 0 Å². The second-order valence-electron chi connectivity index (χ2n) is 13.2. The Labute approximate surface area is 293 Å². The summed E-state index contributed by atoms with van der Waals surface area (Å²) in [6, 6.07) is 10.6. The molecule has 0 saturated carbocycles. The monoisotopic (exact) mass is 753 g/mol. The number of benzene rings is 2. The van der Waals surface area contributed by atoms with Crippen LogP contribution in [0.2, 0.25) is 0 Å². The number of halogens is 4. The number of rotatable bonds is 9. The number of hydrogen-bond acceptors (Lipinski definition) is 7. The molecule has 3 fully saturated rings. The number of primary amides is 1. The number of likely N-dealkylation sites (tertiary alicyclic amines) is 1. The summed E-state index contributed by atoms with van der Waals surface area (Å²) < 4.78 is 67.6. The van der Waals surface area contributed by atoms with Crippen molar-refractivity contribution >= 4 is 52.6 Å². The van der Waals surface area contributed by atoms with Gasteiger partial charge in [-0.3, -0.25) is 28.6 Å². The molecule has 1 aromatic heterocycles. The van der Waals surface area contributed by atoms with Gasteiger partial charge >= 0.3 is 13.3 Å². The van der Waals surface area contributed by atoms with Gasteiger partial charge in [-0.15, -0.1) is 11.3 Å². The van der Waals surface area contributed by atoms with Crippen molar-refractivity contribution in [2.24, 2.45) is 11.7 Å². The van der Waals surface area contributed by atoms with E-state index in [0.29, 0.717) is 17.5 Å². The lowest BCUT2D eigenvalue weighted by Crippen LogP contribution is -2.61. The molecule has 2 aromatic carbocycles. The zero-order valence-corrected chi connectivity index (χ0v) is 28.8. The molecule has 5 atom stereocenters. The highest BCUT2D eigenvalue weighted by Gasteiger charge is 2.51. The Bertz CT molecular complexity index is 1880. The summed E-state index contributed by atoms with van der Waals surface area (Å²) >= 11 is 0.877. The van der Waals surface area contributed by atoms with E-state index in [-0.39, 0.29) is 54.7 Å². The number of nitrogens with one attached hydrogen (secondary N) is 1. The van der Waals surface area contributed by atoms with Crippen molar-refractivity contribution < 1.29 is 51.1 Å². The van der Waals surface area contributed by atoms with Crippen LogP contribution in [0.5, 0.6) is 0 Å². The fourth-order valence-corrected chi connectivity index (χ4v) is 8.83. The van der Waals surface area contributed by atoms with Crippen LogP contribution in [-0.4, -0.2) is 105 Å². The van der Waals surface area contributed by atoms with Gasteiger partial charge in [0.1, 0.15) is 12.1 Å². The minimum Gasteiger partial charge on any atom is -0.369 e. The van der Waals surface area contributed by atoms with Gasteiger partial charge in [0.05, 0.1) is 17.3 Å². The van der Waals surface area contributed by atoms with Crippen LogP contribution in [0, 0.1) is 5.92 Å².